The summed E-state index contributed by atoms with van der Waals surface area (Å²) in [5, 5.41) is 9.41. The van der Waals surface area contributed by atoms with E-state index >= 15 is 0 Å². The van der Waals surface area contributed by atoms with Gasteiger partial charge in [0, 0.05) is 56.5 Å². The van der Waals surface area contributed by atoms with Gasteiger partial charge in [-0.2, -0.15) is 0 Å². The summed E-state index contributed by atoms with van der Waals surface area (Å²) in [7, 11) is 4.95. The Kier molecular flexibility index (Phi) is 7.35. The van der Waals surface area contributed by atoms with Crippen LogP contribution in [0.2, 0.25) is 0 Å². The zero-order valence-corrected chi connectivity index (χ0v) is 16.1. The van der Waals surface area contributed by atoms with Crippen molar-refractivity contribution in [2.75, 3.05) is 47.6 Å². The Balaban J connectivity index is 2.16. The molecule has 1 saturated heterocycles. The molecule has 1 fully saturated rings. The zero-order chi connectivity index (χ0) is 18.4. The minimum Gasteiger partial charge on any atom is -0.496 e. The lowest BCUT2D eigenvalue weighted by Crippen LogP contribution is -2.55. The molecule has 0 aliphatic carbocycles. The zero-order valence-electron chi connectivity index (χ0n) is 16.1. The van der Waals surface area contributed by atoms with Crippen LogP contribution >= 0.6 is 0 Å². The van der Waals surface area contributed by atoms with Gasteiger partial charge in [0.1, 0.15) is 5.75 Å². The second kappa shape index (κ2) is 9.27. The molecule has 0 radical (unpaired) electrons. The van der Waals surface area contributed by atoms with Crippen molar-refractivity contribution >= 4 is 0 Å². The normalized spacial score (nSPS) is 19.2. The van der Waals surface area contributed by atoms with Gasteiger partial charge < -0.3 is 19.3 Å². The SMILES string of the molecule is COc1cc(OC)c(OC)cc1CN1CCN(C(C)C)[C@@H](CCO)C1. The first-order valence-electron chi connectivity index (χ1n) is 8.91. The molecular weight excluding hydrogens is 320 g/mol. The minimum absolute atomic E-state index is 0.224. The molecule has 1 aromatic carbocycles. The van der Waals surface area contributed by atoms with Crippen molar-refractivity contribution in [3.63, 3.8) is 0 Å². The van der Waals surface area contributed by atoms with Gasteiger partial charge in [-0.1, -0.05) is 0 Å². The third kappa shape index (κ3) is 4.77. The molecule has 1 heterocycles. The van der Waals surface area contributed by atoms with Crippen molar-refractivity contribution in [3.05, 3.63) is 17.7 Å². The predicted molar refractivity (Wildman–Crippen MR) is 98.7 cm³/mol. The van der Waals surface area contributed by atoms with Gasteiger partial charge in [-0.05, 0) is 26.3 Å². The molecule has 142 valence electrons. The second-order valence-corrected chi connectivity index (χ2v) is 6.75. The van der Waals surface area contributed by atoms with Crippen molar-refractivity contribution < 1.29 is 19.3 Å². The summed E-state index contributed by atoms with van der Waals surface area (Å²) in [6, 6.07) is 4.75. The van der Waals surface area contributed by atoms with Crippen LogP contribution in [0.4, 0.5) is 0 Å². The molecule has 1 aliphatic rings. The van der Waals surface area contributed by atoms with E-state index in [4.69, 9.17) is 14.2 Å². The molecule has 2 rings (SSSR count). The Labute approximate surface area is 151 Å². The molecular formula is C19H32N2O4. The van der Waals surface area contributed by atoms with E-state index in [9.17, 15) is 5.11 Å². The van der Waals surface area contributed by atoms with Crippen LogP contribution < -0.4 is 14.2 Å². The fourth-order valence-electron chi connectivity index (χ4n) is 3.62. The lowest BCUT2D eigenvalue weighted by Gasteiger charge is -2.43. The van der Waals surface area contributed by atoms with E-state index in [0.717, 1.165) is 43.9 Å². The molecule has 0 spiro atoms. The van der Waals surface area contributed by atoms with Crippen molar-refractivity contribution in [1.82, 2.24) is 9.80 Å². The average molecular weight is 352 g/mol. The molecule has 0 bridgehead atoms. The van der Waals surface area contributed by atoms with Crippen LogP contribution in [-0.4, -0.2) is 74.6 Å². The van der Waals surface area contributed by atoms with E-state index < -0.39 is 0 Å². The van der Waals surface area contributed by atoms with Crippen LogP contribution in [0.25, 0.3) is 0 Å². The maximum atomic E-state index is 9.41. The first-order valence-corrected chi connectivity index (χ1v) is 8.91. The molecule has 25 heavy (non-hydrogen) atoms. The number of hydrogen-bond acceptors (Lipinski definition) is 6. The maximum Gasteiger partial charge on any atom is 0.164 e. The van der Waals surface area contributed by atoms with Crippen molar-refractivity contribution in [2.45, 2.75) is 38.9 Å². The van der Waals surface area contributed by atoms with E-state index in [0.29, 0.717) is 23.6 Å². The topological polar surface area (TPSA) is 54.4 Å². The first-order chi connectivity index (χ1) is 12.0. The fourth-order valence-corrected chi connectivity index (χ4v) is 3.62. The standard InChI is InChI=1S/C19H32N2O4/c1-14(2)21-8-7-20(13-16(21)6-9-22)12-15-10-18(24-4)19(25-5)11-17(15)23-3/h10-11,14,16,22H,6-9,12-13H2,1-5H3/t16-/m0/s1. The van der Waals surface area contributed by atoms with Crippen LogP contribution in [-0.2, 0) is 6.54 Å². The highest BCUT2D eigenvalue weighted by atomic mass is 16.5. The predicted octanol–water partition coefficient (Wildman–Crippen LogP) is 1.99. The monoisotopic (exact) mass is 352 g/mol. The summed E-state index contributed by atoms with van der Waals surface area (Å²) >= 11 is 0. The van der Waals surface area contributed by atoms with Crippen molar-refractivity contribution in [1.29, 1.82) is 0 Å². The summed E-state index contributed by atoms with van der Waals surface area (Å²) in [6.07, 6.45) is 0.803. The molecule has 1 aliphatic heterocycles. The third-order valence-electron chi connectivity index (χ3n) is 4.92. The molecule has 1 atom stereocenters. The van der Waals surface area contributed by atoms with Gasteiger partial charge in [0.05, 0.1) is 21.3 Å². The van der Waals surface area contributed by atoms with Gasteiger partial charge in [-0.15, -0.1) is 0 Å². The van der Waals surface area contributed by atoms with Crippen LogP contribution in [0.3, 0.4) is 0 Å². The van der Waals surface area contributed by atoms with Gasteiger partial charge in [0.2, 0.25) is 0 Å². The summed E-state index contributed by atoms with van der Waals surface area (Å²) in [4.78, 5) is 4.90. The lowest BCUT2D eigenvalue weighted by atomic mass is 10.1. The van der Waals surface area contributed by atoms with E-state index in [1.54, 1.807) is 21.3 Å². The number of aliphatic hydroxyl groups is 1. The Morgan fingerprint density at radius 3 is 2.24 bits per heavy atom. The number of rotatable bonds is 8. The summed E-state index contributed by atoms with van der Waals surface area (Å²) in [6.45, 7) is 8.40. The largest absolute Gasteiger partial charge is 0.496 e. The van der Waals surface area contributed by atoms with Crippen molar-refractivity contribution in [2.24, 2.45) is 0 Å². The third-order valence-corrected chi connectivity index (χ3v) is 4.92. The summed E-state index contributed by atoms with van der Waals surface area (Å²) < 4.78 is 16.3. The molecule has 0 amide bonds. The van der Waals surface area contributed by atoms with Gasteiger partial charge in [-0.25, -0.2) is 0 Å². The smallest absolute Gasteiger partial charge is 0.164 e. The molecule has 1 aromatic rings. The van der Waals surface area contributed by atoms with E-state index in [1.807, 2.05) is 12.1 Å². The molecule has 6 nitrogen and oxygen atoms in total. The highest BCUT2D eigenvalue weighted by molar-refractivity contribution is 5.50. The maximum absolute atomic E-state index is 9.41. The quantitative estimate of drug-likeness (QED) is 0.772. The molecule has 0 aromatic heterocycles. The number of hydrogen-bond donors (Lipinski definition) is 1. The lowest BCUT2D eigenvalue weighted by molar-refractivity contribution is 0.0346. The Hall–Kier alpha value is -1.50. The highest BCUT2D eigenvalue weighted by Gasteiger charge is 2.28. The van der Waals surface area contributed by atoms with Crippen LogP contribution in [0.15, 0.2) is 12.1 Å². The summed E-state index contributed by atoms with van der Waals surface area (Å²) in [5.74, 6) is 2.19. The minimum atomic E-state index is 0.224. The van der Waals surface area contributed by atoms with Gasteiger partial charge >= 0.3 is 0 Å². The Morgan fingerprint density at radius 1 is 1.04 bits per heavy atom. The van der Waals surface area contributed by atoms with E-state index in [-0.39, 0.29) is 6.61 Å². The molecule has 1 N–H and O–H groups in total. The number of nitrogens with zero attached hydrogens (tertiary/aromatic N) is 2. The van der Waals surface area contributed by atoms with Crippen LogP contribution in [0.5, 0.6) is 17.2 Å². The molecule has 6 heteroatoms. The average Bonchev–Trinajstić information content (AvgIpc) is 2.61. The molecule has 0 unspecified atom stereocenters. The number of methoxy groups -OCH3 is 3. The van der Waals surface area contributed by atoms with Crippen LogP contribution in [0.1, 0.15) is 25.8 Å². The van der Waals surface area contributed by atoms with E-state index in [2.05, 4.69) is 23.6 Å². The first kappa shape index (κ1) is 19.8. The number of benzene rings is 1. The molecule has 0 saturated carbocycles. The van der Waals surface area contributed by atoms with Crippen LogP contribution in [0, 0.1) is 0 Å². The van der Waals surface area contributed by atoms with Gasteiger partial charge in [0.15, 0.2) is 11.5 Å². The van der Waals surface area contributed by atoms with Gasteiger partial charge in [-0.3, -0.25) is 9.80 Å². The fraction of sp³-hybridized carbons (Fsp3) is 0.684. The number of piperazine rings is 1. The second-order valence-electron chi connectivity index (χ2n) is 6.75. The summed E-state index contributed by atoms with van der Waals surface area (Å²) in [5.41, 5.74) is 1.08. The Morgan fingerprint density at radius 2 is 1.68 bits per heavy atom. The van der Waals surface area contributed by atoms with Crippen molar-refractivity contribution in [3.8, 4) is 17.2 Å². The Bertz CT molecular complexity index is 550. The number of aliphatic hydroxyl groups excluding tert-OH is 1. The number of ether oxygens (including phenoxy) is 3. The van der Waals surface area contributed by atoms with Gasteiger partial charge in [0.25, 0.3) is 0 Å². The highest BCUT2D eigenvalue weighted by Crippen LogP contribution is 2.35. The van der Waals surface area contributed by atoms with E-state index in [1.165, 1.54) is 0 Å².